The molecule has 1 atom stereocenters. The summed E-state index contributed by atoms with van der Waals surface area (Å²) in [6.07, 6.45) is -5.08. The smallest absolute Gasteiger partial charge is 0.475 e. The first kappa shape index (κ1) is 26.6. The number of methoxy groups -OCH3 is 1. The molecule has 2 aliphatic heterocycles. The second kappa shape index (κ2) is 10.9. The van der Waals surface area contributed by atoms with Crippen molar-refractivity contribution in [3.05, 3.63) is 35.4 Å². The number of halogens is 3. The Morgan fingerprint density at radius 2 is 1.91 bits per heavy atom. The fourth-order valence-electron chi connectivity index (χ4n) is 3.61. The van der Waals surface area contributed by atoms with Crippen LogP contribution in [-0.2, 0) is 19.1 Å². The Bertz CT molecular complexity index is 858. The summed E-state index contributed by atoms with van der Waals surface area (Å²) in [4.78, 5) is 37.5. The van der Waals surface area contributed by atoms with Crippen LogP contribution in [0.3, 0.4) is 0 Å². The van der Waals surface area contributed by atoms with Crippen molar-refractivity contribution in [3.8, 4) is 0 Å². The van der Waals surface area contributed by atoms with Crippen LogP contribution in [-0.4, -0.2) is 104 Å². The van der Waals surface area contributed by atoms with Gasteiger partial charge in [0.25, 0.3) is 5.91 Å². The molecule has 0 radical (unpaired) electrons. The van der Waals surface area contributed by atoms with E-state index in [9.17, 15) is 22.8 Å². The van der Waals surface area contributed by atoms with Gasteiger partial charge in [0.1, 0.15) is 11.6 Å². The number of likely N-dealkylation sites (tertiary alicyclic amines) is 1. The number of aliphatic carboxylic acids is 1. The first-order valence-electron chi connectivity index (χ1n) is 10.2. The topological polar surface area (TPSA) is 108 Å². The fraction of sp³-hybridized carbons (Fsp3) is 0.571. The summed E-state index contributed by atoms with van der Waals surface area (Å²) in [5.41, 5.74) is 1.42. The van der Waals surface area contributed by atoms with Crippen LogP contribution in [0.15, 0.2) is 24.3 Å². The highest BCUT2D eigenvalue weighted by molar-refractivity contribution is 5.95. The van der Waals surface area contributed by atoms with Crippen molar-refractivity contribution in [2.24, 2.45) is 0 Å². The Balaban J connectivity index is 0.000000479. The third kappa shape index (κ3) is 7.14. The van der Waals surface area contributed by atoms with Gasteiger partial charge in [0.15, 0.2) is 0 Å². The molecule has 2 aliphatic rings. The van der Waals surface area contributed by atoms with Gasteiger partial charge in [-0.3, -0.25) is 14.5 Å². The summed E-state index contributed by atoms with van der Waals surface area (Å²) < 4.78 is 42.7. The maximum atomic E-state index is 12.6. The molecule has 3 rings (SSSR count). The zero-order valence-corrected chi connectivity index (χ0v) is 18.6. The lowest BCUT2D eigenvalue weighted by molar-refractivity contribution is -0.192. The molecule has 0 aromatic heterocycles. The van der Waals surface area contributed by atoms with Crippen molar-refractivity contribution in [2.75, 3.05) is 53.6 Å². The molecular formula is C21H28F3N3O6. The molecule has 1 aromatic carbocycles. The van der Waals surface area contributed by atoms with Gasteiger partial charge in [-0.2, -0.15) is 13.2 Å². The predicted octanol–water partition coefficient (Wildman–Crippen LogP) is 0.916. The lowest BCUT2D eigenvalue weighted by Crippen LogP contribution is -2.73. The zero-order valence-electron chi connectivity index (χ0n) is 18.6. The normalized spacial score (nSPS) is 19.8. The van der Waals surface area contributed by atoms with E-state index in [2.05, 4.69) is 5.32 Å². The van der Waals surface area contributed by atoms with Gasteiger partial charge < -0.3 is 24.8 Å². The summed E-state index contributed by atoms with van der Waals surface area (Å²) in [6, 6.07) is 7.32. The Labute approximate surface area is 189 Å². The molecule has 2 fully saturated rings. The van der Waals surface area contributed by atoms with Crippen LogP contribution in [0.1, 0.15) is 15.9 Å². The second-order valence-electron chi connectivity index (χ2n) is 8.04. The van der Waals surface area contributed by atoms with Crippen LogP contribution >= 0.6 is 0 Å². The number of amides is 2. The van der Waals surface area contributed by atoms with Crippen LogP contribution in [0.5, 0.6) is 0 Å². The van der Waals surface area contributed by atoms with E-state index < -0.39 is 12.1 Å². The van der Waals surface area contributed by atoms with E-state index in [-0.39, 0.29) is 23.5 Å². The largest absolute Gasteiger partial charge is 0.490 e. The molecule has 33 heavy (non-hydrogen) atoms. The Hall–Kier alpha value is -2.70. The van der Waals surface area contributed by atoms with Crippen molar-refractivity contribution in [1.29, 1.82) is 0 Å². The lowest BCUT2D eigenvalue weighted by Gasteiger charge is -2.54. The summed E-state index contributed by atoms with van der Waals surface area (Å²) in [5, 5.41) is 9.98. The fourth-order valence-corrected chi connectivity index (χ4v) is 3.61. The van der Waals surface area contributed by atoms with E-state index in [1.165, 1.54) is 0 Å². The number of hydrogen-bond acceptors (Lipinski definition) is 6. The molecule has 9 nitrogen and oxygen atoms in total. The molecule has 12 heteroatoms. The van der Waals surface area contributed by atoms with Crippen LogP contribution in [0.2, 0.25) is 0 Å². The number of alkyl halides is 3. The number of morpholine rings is 1. The number of hydrogen-bond donors (Lipinski definition) is 2. The first-order valence-corrected chi connectivity index (χ1v) is 10.2. The highest BCUT2D eigenvalue weighted by Crippen LogP contribution is 2.31. The molecule has 2 N–H and O–H groups in total. The van der Waals surface area contributed by atoms with E-state index in [1.807, 2.05) is 48.0 Å². The van der Waals surface area contributed by atoms with E-state index in [0.717, 1.165) is 5.56 Å². The Morgan fingerprint density at radius 1 is 1.27 bits per heavy atom. The monoisotopic (exact) mass is 475 g/mol. The number of carbonyl (C=O) groups excluding carboxylic acids is 2. The van der Waals surface area contributed by atoms with Crippen LogP contribution in [0, 0.1) is 6.92 Å². The van der Waals surface area contributed by atoms with Crippen LogP contribution in [0.25, 0.3) is 0 Å². The maximum absolute atomic E-state index is 12.6. The number of aryl methyl sites for hydroxylation is 1. The summed E-state index contributed by atoms with van der Waals surface area (Å²) >= 11 is 0. The van der Waals surface area contributed by atoms with Gasteiger partial charge in [-0.05, 0) is 26.1 Å². The van der Waals surface area contributed by atoms with Crippen molar-refractivity contribution in [1.82, 2.24) is 15.1 Å². The molecule has 0 bridgehead atoms. The maximum Gasteiger partial charge on any atom is 0.490 e. The van der Waals surface area contributed by atoms with Crippen molar-refractivity contribution in [3.63, 3.8) is 0 Å². The number of nitrogens with zero attached hydrogens (tertiary/aromatic N) is 2. The van der Waals surface area contributed by atoms with Crippen molar-refractivity contribution in [2.45, 2.75) is 24.7 Å². The zero-order chi connectivity index (χ0) is 24.8. The van der Waals surface area contributed by atoms with Gasteiger partial charge in [0, 0.05) is 25.8 Å². The SMILES string of the molecule is COCCNC(=O)C1COC2(CN(C(=O)c3cccc(C)c3)C2)CN1C.O=C(O)C(F)(F)F. The third-order valence-electron chi connectivity index (χ3n) is 5.28. The quantitative estimate of drug-likeness (QED) is 0.610. The van der Waals surface area contributed by atoms with E-state index in [4.69, 9.17) is 19.4 Å². The standard InChI is InChI=1S/C19H27N3O4.C2HF3O2/c1-14-5-4-6-15(9-14)18(24)22-12-19(13-22)11-21(2)16(10-26-19)17(23)20-7-8-25-3;3-2(4,5)1(6)7/h4-6,9,16H,7-8,10-13H2,1-3H3,(H,20,23);(H,6,7). The number of carboxylic acid groups (broad SMARTS) is 1. The molecular weight excluding hydrogens is 447 g/mol. The molecule has 0 aliphatic carbocycles. The third-order valence-corrected chi connectivity index (χ3v) is 5.28. The molecule has 2 saturated heterocycles. The summed E-state index contributed by atoms with van der Waals surface area (Å²) in [7, 11) is 3.53. The Kier molecular flexibility index (Phi) is 8.81. The highest BCUT2D eigenvalue weighted by atomic mass is 19.4. The number of carboxylic acids is 1. The number of likely N-dealkylation sites (N-methyl/N-ethyl adjacent to an activating group) is 1. The average molecular weight is 475 g/mol. The minimum Gasteiger partial charge on any atom is -0.475 e. The van der Waals surface area contributed by atoms with Gasteiger partial charge in [0.2, 0.25) is 5.91 Å². The van der Waals surface area contributed by atoms with E-state index >= 15 is 0 Å². The number of benzene rings is 1. The van der Waals surface area contributed by atoms with Gasteiger partial charge >= 0.3 is 12.1 Å². The molecule has 2 amide bonds. The second-order valence-corrected chi connectivity index (χ2v) is 8.04. The van der Waals surface area contributed by atoms with Crippen molar-refractivity contribution < 1.29 is 42.1 Å². The molecule has 1 aromatic rings. The summed E-state index contributed by atoms with van der Waals surface area (Å²) in [6.45, 7) is 5.04. The first-order chi connectivity index (χ1) is 15.4. The molecule has 1 unspecified atom stereocenters. The highest BCUT2D eigenvalue weighted by Gasteiger charge is 2.51. The molecule has 1 spiro atoms. The lowest BCUT2D eigenvalue weighted by atomic mass is 9.90. The average Bonchev–Trinajstić information content (AvgIpc) is 2.71. The van der Waals surface area contributed by atoms with Crippen LogP contribution in [0.4, 0.5) is 13.2 Å². The minimum absolute atomic E-state index is 0.0324. The number of carbonyl (C=O) groups is 3. The van der Waals surface area contributed by atoms with E-state index in [1.54, 1.807) is 7.11 Å². The Morgan fingerprint density at radius 3 is 2.42 bits per heavy atom. The minimum atomic E-state index is -5.08. The van der Waals surface area contributed by atoms with Crippen LogP contribution < -0.4 is 5.32 Å². The number of rotatable bonds is 5. The summed E-state index contributed by atoms with van der Waals surface area (Å²) in [5.74, 6) is -2.77. The van der Waals surface area contributed by atoms with E-state index in [0.29, 0.717) is 45.0 Å². The molecule has 2 heterocycles. The van der Waals surface area contributed by atoms with Gasteiger partial charge in [-0.15, -0.1) is 0 Å². The number of ether oxygens (including phenoxy) is 2. The van der Waals surface area contributed by atoms with Gasteiger partial charge in [-0.25, -0.2) is 4.79 Å². The van der Waals surface area contributed by atoms with Gasteiger partial charge in [0.05, 0.1) is 26.3 Å². The van der Waals surface area contributed by atoms with Gasteiger partial charge in [-0.1, -0.05) is 17.7 Å². The number of nitrogens with one attached hydrogen (secondary N) is 1. The molecule has 184 valence electrons. The predicted molar refractivity (Wildman–Crippen MR) is 111 cm³/mol. The van der Waals surface area contributed by atoms with Crippen molar-refractivity contribution >= 4 is 17.8 Å². The molecule has 0 saturated carbocycles.